The molecule has 1 atom stereocenters. The first-order valence-corrected chi connectivity index (χ1v) is 7.55. The van der Waals surface area contributed by atoms with Gasteiger partial charge in [-0.05, 0) is 48.8 Å². The summed E-state index contributed by atoms with van der Waals surface area (Å²) in [5, 5.41) is 3.17. The van der Waals surface area contributed by atoms with Crippen molar-refractivity contribution < 1.29 is 4.79 Å². The zero-order chi connectivity index (χ0) is 12.3. The lowest BCUT2D eigenvalue weighted by molar-refractivity contribution is -0.124. The van der Waals surface area contributed by atoms with Gasteiger partial charge in [-0.25, -0.2) is 0 Å². The average Bonchev–Trinajstić information content (AvgIpc) is 3.16. The second-order valence-electron chi connectivity index (χ2n) is 6.01. The van der Waals surface area contributed by atoms with Crippen LogP contribution in [0, 0.1) is 11.3 Å². The number of fused-ring (bicyclic) bond motifs is 2. The number of carbonyl (C=O) groups excluding carboxylic acids is 1. The lowest BCUT2D eigenvalue weighted by Gasteiger charge is -2.14. The van der Waals surface area contributed by atoms with Crippen molar-refractivity contribution in [2.45, 2.75) is 31.6 Å². The summed E-state index contributed by atoms with van der Waals surface area (Å²) in [7, 11) is 0. The van der Waals surface area contributed by atoms with Crippen LogP contribution >= 0.6 is 15.9 Å². The van der Waals surface area contributed by atoms with Gasteiger partial charge in [0.2, 0.25) is 5.91 Å². The van der Waals surface area contributed by atoms with Gasteiger partial charge in [-0.1, -0.05) is 28.1 Å². The highest BCUT2D eigenvalue weighted by Crippen LogP contribution is 2.75. The molecule has 4 rings (SSSR count). The quantitative estimate of drug-likeness (QED) is 0.914. The third-order valence-corrected chi connectivity index (χ3v) is 5.72. The van der Waals surface area contributed by atoms with Crippen molar-refractivity contribution in [1.29, 1.82) is 0 Å². The Hall–Kier alpha value is -0.830. The van der Waals surface area contributed by atoms with Gasteiger partial charge >= 0.3 is 0 Å². The van der Waals surface area contributed by atoms with Crippen LogP contribution in [0.4, 0.5) is 0 Å². The minimum atomic E-state index is 0.110. The number of hydrogen-bond donors (Lipinski definition) is 1. The van der Waals surface area contributed by atoms with Crippen molar-refractivity contribution in [1.82, 2.24) is 5.32 Å². The van der Waals surface area contributed by atoms with Crippen LogP contribution in [0.5, 0.6) is 0 Å². The summed E-state index contributed by atoms with van der Waals surface area (Å²) in [4.78, 5) is 12.0. The Balaban J connectivity index is 1.45. The molecule has 0 spiro atoms. The maximum absolute atomic E-state index is 12.0. The summed E-state index contributed by atoms with van der Waals surface area (Å²) in [6, 6.07) is 6.41. The Labute approximate surface area is 115 Å². The third-order valence-electron chi connectivity index (χ3n) is 4.98. The van der Waals surface area contributed by atoms with Gasteiger partial charge in [0.15, 0.2) is 0 Å². The molecule has 18 heavy (non-hydrogen) atoms. The van der Waals surface area contributed by atoms with E-state index in [4.69, 9.17) is 0 Å². The molecule has 2 saturated carbocycles. The van der Waals surface area contributed by atoms with E-state index in [-0.39, 0.29) is 5.41 Å². The van der Waals surface area contributed by atoms with Crippen molar-refractivity contribution in [2.24, 2.45) is 11.3 Å². The van der Waals surface area contributed by atoms with Crippen molar-refractivity contribution in [2.75, 3.05) is 6.54 Å². The minimum Gasteiger partial charge on any atom is -0.355 e. The van der Waals surface area contributed by atoms with E-state index in [1.165, 1.54) is 15.6 Å². The van der Waals surface area contributed by atoms with E-state index < -0.39 is 0 Å². The molecule has 0 aliphatic heterocycles. The van der Waals surface area contributed by atoms with E-state index in [9.17, 15) is 4.79 Å². The standard InChI is InChI=1S/C15H16BrNO/c16-13-3-1-2-11-9(4-5-12(11)13)8-17-14(18)15-6-10(15)7-15/h1-3,9-10H,4-8H2,(H,17,18). The highest BCUT2D eigenvalue weighted by Gasteiger charge is 2.74. The minimum absolute atomic E-state index is 0.110. The molecule has 3 aliphatic carbocycles. The van der Waals surface area contributed by atoms with Gasteiger partial charge in [-0.3, -0.25) is 4.79 Å². The van der Waals surface area contributed by atoms with Gasteiger partial charge in [0.1, 0.15) is 0 Å². The summed E-state index contributed by atoms with van der Waals surface area (Å²) < 4.78 is 1.22. The molecule has 3 aliphatic rings. The Kier molecular flexibility index (Phi) is 2.20. The second kappa shape index (κ2) is 3.60. The molecular weight excluding hydrogens is 290 g/mol. The lowest BCUT2D eigenvalue weighted by Crippen LogP contribution is -2.31. The third kappa shape index (κ3) is 1.49. The smallest absolute Gasteiger partial charge is 0.226 e. The topological polar surface area (TPSA) is 29.1 Å². The first-order chi connectivity index (χ1) is 8.71. The van der Waals surface area contributed by atoms with Crippen molar-refractivity contribution in [3.8, 4) is 0 Å². The van der Waals surface area contributed by atoms with E-state index in [1.54, 1.807) is 0 Å². The average molecular weight is 306 g/mol. The predicted molar refractivity (Wildman–Crippen MR) is 73.4 cm³/mol. The predicted octanol–water partition coefficient (Wildman–Crippen LogP) is 3.01. The first kappa shape index (κ1) is 11.0. The Morgan fingerprint density at radius 1 is 1.44 bits per heavy atom. The van der Waals surface area contributed by atoms with Crippen molar-refractivity contribution in [3.63, 3.8) is 0 Å². The van der Waals surface area contributed by atoms with Crippen LogP contribution < -0.4 is 5.32 Å². The molecular formula is C15H16BrNO. The Morgan fingerprint density at radius 3 is 2.94 bits per heavy atom. The number of amides is 1. The number of nitrogens with one attached hydrogen (secondary N) is 1. The van der Waals surface area contributed by atoms with Crippen molar-refractivity contribution in [3.05, 3.63) is 33.8 Å². The number of rotatable bonds is 3. The normalized spacial score (nSPS) is 34.7. The number of hydrogen-bond acceptors (Lipinski definition) is 1. The monoisotopic (exact) mass is 305 g/mol. The summed E-state index contributed by atoms with van der Waals surface area (Å²) in [6.07, 6.45) is 4.58. The molecule has 1 aromatic rings. The fourth-order valence-electron chi connectivity index (χ4n) is 3.37. The van der Waals surface area contributed by atoms with Gasteiger partial charge in [0.25, 0.3) is 0 Å². The van der Waals surface area contributed by atoms with Crippen LogP contribution in [0.3, 0.4) is 0 Å². The van der Waals surface area contributed by atoms with E-state index in [2.05, 4.69) is 39.4 Å². The highest BCUT2D eigenvalue weighted by atomic mass is 79.9. The second-order valence-corrected chi connectivity index (χ2v) is 6.87. The molecule has 0 bridgehead atoms. The van der Waals surface area contributed by atoms with Crippen LogP contribution in [0.1, 0.15) is 36.3 Å². The fraction of sp³-hybridized carbons (Fsp3) is 0.533. The molecule has 1 N–H and O–H groups in total. The first-order valence-electron chi connectivity index (χ1n) is 6.76. The van der Waals surface area contributed by atoms with Crippen molar-refractivity contribution >= 4 is 21.8 Å². The van der Waals surface area contributed by atoms with E-state index in [0.717, 1.165) is 38.1 Å². The van der Waals surface area contributed by atoms with E-state index in [1.807, 2.05) is 0 Å². The number of halogens is 1. The highest BCUT2D eigenvalue weighted by molar-refractivity contribution is 9.10. The maximum Gasteiger partial charge on any atom is 0.226 e. The molecule has 1 aromatic carbocycles. The molecule has 0 heterocycles. The summed E-state index contributed by atoms with van der Waals surface area (Å²) in [5.74, 6) is 1.56. The number of carbonyl (C=O) groups is 1. The largest absolute Gasteiger partial charge is 0.355 e. The Morgan fingerprint density at radius 2 is 2.22 bits per heavy atom. The molecule has 1 amide bonds. The summed E-state index contributed by atoms with van der Waals surface area (Å²) in [5.41, 5.74) is 2.97. The van der Waals surface area contributed by atoms with E-state index >= 15 is 0 Å². The van der Waals surface area contributed by atoms with Crippen LogP contribution in [0.2, 0.25) is 0 Å². The van der Waals surface area contributed by atoms with Crippen LogP contribution in [0.15, 0.2) is 22.7 Å². The van der Waals surface area contributed by atoms with Gasteiger partial charge in [0.05, 0.1) is 5.41 Å². The van der Waals surface area contributed by atoms with Gasteiger partial charge in [0, 0.05) is 16.9 Å². The molecule has 3 heteroatoms. The molecule has 2 fully saturated rings. The molecule has 2 nitrogen and oxygen atoms in total. The van der Waals surface area contributed by atoms with Gasteiger partial charge in [-0.15, -0.1) is 0 Å². The zero-order valence-corrected chi connectivity index (χ0v) is 11.8. The Bertz CT molecular complexity index is 533. The SMILES string of the molecule is O=C(NCC1CCc2c(Br)cccc21)C12CC1C2. The van der Waals surface area contributed by atoms with Gasteiger partial charge in [-0.2, -0.15) is 0 Å². The zero-order valence-electron chi connectivity index (χ0n) is 10.2. The fourth-order valence-corrected chi connectivity index (χ4v) is 3.95. The van der Waals surface area contributed by atoms with Gasteiger partial charge < -0.3 is 5.32 Å². The summed E-state index contributed by atoms with van der Waals surface area (Å²) in [6.45, 7) is 0.816. The number of benzene rings is 1. The molecule has 94 valence electrons. The molecule has 1 unspecified atom stereocenters. The molecule has 0 saturated heterocycles. The molecule has 0 aromatic heterocycles. The van der Waals surface area contributed by atoms with Crippen LogP contribution in [-0.4, -0.2) is 12.5 Å². The van der Waals surface area contributed by atoms with E-state index in [0.29, 0.717) is 11.8 Å². The van der Waals surface area contributed by atoms with Crippen LogP contribution in [-0.2, 0) is 11.2 Å². The maximum atomic E-state index is 12.0. The summed E-state index contributed by atoms with van der Waals surface area (Å²) >= 11 is 3.62. The lowest BCUT2D eigenvalue weighted by atomic mass is 10.0. The van der Waals surface area contributed by atoms with Crippen LogP contribution in [0.25, 0.3) is 0 Å². The molecule has 0 radical (unpaired) electrons.